The Morgan fingerprint density at radius 2 is 1.67 bits per heavy atom. The molecule has 0 spiro atoms. The molecule has 2 N–H and O–H groups in total. The Labute approximate surface area is 131 Å². The third-order valence-corrected chi connectivity index (χ3v) is 3.47. The van der Waals surface area contributed by atoms with Crippen molar-refractivity contribution in [3.8, 4) is 0 Å². The van der Waals surface area contributed by atoms with Crippen molar-refractivity contribution in [2.45, 2.75) is 6.92 Å². The van der Waals surface area contributed by atoms with Gasteiger partial charge in [-0.05, 0) is 31.2 Å². The molecule has 0 saturated heterocycles. The summed E-state index contributed by atoms with van der Waals surface area (Å²) in [4.78, 5) is 23.1. The molecule has 0 fully saturated rings. The Balaban J connectivity index is 2.30. The molecule has 0 radical (unpaired) electrons. The lowest BCUT2D eigenvalue weighted by Crippen LogP contribution is -2.13. The zero-order valence-corrected chi connectivity index (χ0v) is 12.5. The molecule has 108 valence electrons. The number of benzene rings is 2. The average Bonchev–Trinajstić information content (AvgIpc) is 2.42. The highest BCUT2D eigenvalue weighted by Gasteiger charge is 2.15. The van der Waals surface area contributed by atoms with Gasteiger partial charge in [0.05, 0.1) is 21.3 Å². The Hall–Kier alpha value is -2.04. The zero-order chi connectivity index (χ0) is 15.6. The summed E-state index contributed by atoms with van der Waals surface area (Å²) in [6, 6.07) is 9.48. The van der Waals surface area contributed by atoms with E-state index in [9.17, 15) is 9.59 Å². The van der Waals surface area contributed by atoms with Crippen molar-refractivity contribution in [2.24, 2.45) is 0 Å². The molecule has 6 heteroatoms. The molecule has 21 heavy (non-hydrogen) atoms. The minimum absolute atomic E-state index is 0.0147. The van der Waals surface area contributed by atoms with E-state index < -0.39 is 5.97 Å². The van der Waals surface area contributed by atoms with E-state index in [-0.39, 0.29) is 27.2 Å². The first-order chi connectivity index (χ1) is 9.88. The number of carboxylic acid groups (broad SMARTS) is 1. The smallest absolute Gasteiger partial charge is 0.337 e. The number of carbonyl (C=O) groups excluding carboxylic acids is 1. The first kappa shape index (κ1) is 15.4. The summed E-state index contributed by atoms with van der Waals surface area (Å²) < 4.78 is 0. The predicted octanol–water partition coefficient (Wildman–Crippen LogP) is 4.25. The van der Waals surface area contributed by atoms with Gasteiger partial charge in [0.1, 0.15) is 0 Å². The molecule has 0 bridgehead atoms. The average molecular weight is 324 g/mol. The molecule has 2 rings (SSSR count). The maximum absolute atomic E-state index is 12.1. The van der Waals surface area contributed by atoms with Crippen LogP contribution < -0.4 is 5.32 Å². The van der Waals surface area contributed by atoms with Gasteiger partial charge in [0.2, 0.25) is 0 Å². The van der Waals surface area contributed by atoms with E-state index in [0.717, 1.165) is 5.56 Å². The van der Waals surface area contributed by atoms with Crippen LogP contribution in [0.4, 0.5) is 5.69 Å². The van der Waals surface area contributed by atoms with Gasteiger partial charge in [-0.25, -0.2) is 4.79 Å². The van der Waals surface area contributed by atoms with Gasteiger partial charge in [-0.15, -0.1) is 0 Å². The summed E-state index contributed by atoms with van der Waals surface area (Å²) in [6.45, 7) is 1.91. The summed E-state index contributed by atoms with van der Waals surface area (Å²) in [6.07, 6.45) is 0. The number of halogens is 2. The second kappa shape index (κ2) is 6.16. The molecule has 0 atom stereocenters. The second-order valence-corrected chi connectivity index (χ2v) is 5.25. The number of carbonyl (C=O) groups is 2. The van der Waals surface area contributed by atoms with Gasteiger partial charge < -0.3 is 10.4 Å². The van der Waals surface area contributed by atoms with Crippen molar-refractivity contribution in [1.29, 1.82) is 0 Å². The van der Waals surface area contributed by atoms with Gasteiger partial charge in [-0.1, -0.05) is 40.9 Å². The number of hydrogen-bond donors (Lipinski definition) is 2. The molecule has 0 aliphatic carbocycles. The third kappa shape index (κ3) is 3.54. The highest BCUT2D eigenvalue weighted by Crippen LogP contribution is 2.29. The second-order valence-electron chi connectivity index (χ2n) is 4.44. The van der Waals surface area contributed by atoms with Crippen LogP contribution in [0.3, 0.4) is 0 Å². The Morgan fingerprint density at radius 1 is 1.05 bits per heavy atom. The van der Waals surface area contributed by atoms with E-state index in [2.05, 4.69) is 5.32 Å². The molecule has 0 aliphatic heterocycles. The molecular formula is C15H11Cl2NO3. The fourth-order valence-electron chi connectivity index (χ4n) is 1.71. The molecule has 0 aliphatic rings. The Kier molecular flexibility index (Phi) is 4.50. The fourth-order valence-corrected chi connectivity index (χ4v) is 2.22. The molecule has 2 aromatic rings. The summed E-state index contributed by atoms with van der Waals surface area (Å²) >= 11 is 11.8. The number of aryl methyl sites for hydroxylation is 1. The van der Waals surface area contributed by atoms with Gasteiger partial charge in [0, 0.05) is 5.56 Å². The molecule has 0 saturated carbocycles. The van der Waals surface area contributed by atoms with Crippen LogP contribution in [0, 0.1) is 6.92 Å². The standard InChI is InChI=1S/C15H11Cl2NO3/c1-8-2-4-9(5-3-8)14(19)18-13-6-10(15(20)21)11(16)7-12(13)17/h2-7H,1H3,(H,18,19)(H,20,21). The number of rotatable bonds is 3. The van der Waals surface area contributed by atoms with Crippen LogP contribution in [-0.2, 0) is 0 Å². The largest absolute Gasteiger partial charge is 0.478 e. The number of nitrogens with one attached hydrogen (secondary N) is 1. The van der Waals surface area contributed by atoms with E-state index in [1.54, 1.807) is 24.3 Å². The van der Waals surface area contributed by atoms with E-state index in [4.69, 9.17) is 28.3 Å². The normalized spacial score (nSPS) is 10.2. The van der Waals surface area contributed by atoms with Crippen LogP contribution in [0.25, 0.3) is 0 Å². The molecule has 0 heterocycles. The van der Waals surface area contributed by atoms with Crippen molar-refractivity contribution in [1.82, 2.24) is 0 Å². The summed E-state index contributed by atoms with van der Waals surface area (Å²) in [5.41, 5.74) is 1.55. The van der Waals surface area contributed by atoms with Crippen molar-refractivity contribution in [3.63, 3.8) is 0 Å². The monoisotopic (exact) mass is 323 g/mol. The predicted molar refractivity (Wildman–Crippen MR) is 82.6 cm³/mol. The molecule has 1 amide bonds. The summed E-state index contributed by atoms with van der Waals surface area (Å²) in [5.74, 6) is -1.57. The van der Waals surface area contributed by atoms with Gasteiger partial charge in [-0.2, -0.15) is 0 Å². The molecule has 0 aromatic heterocycles. The third-order valence-electron chi connectivity index (χ3n) is 2.85. The van der Waals surface area contributed by atoms with E-state index >= 15 is 0 Å². The van der Waals surface area contributed by atoms with Gasteiger partial charge in [-0.3, -0.25) is 4.79 Å². The van der Waals surface area contributed by atoms with Crippen LogP contribution in [-0.4, -0.2) is 17.0 Å². The quantitative estimate of drug-likeness (QED) is 0.887. The topological polar surface area (TPSA) is 66.4 Å². The van der Waals surface area contributed by atoms with Crippen LogP contribution >= 0.6 is 23.2 Å². The SMILES string of the molecule is Cc1ccc(C(=O)Nc2cc(C(=O)O)c(Cl)cc2Cl)cc1. The highest BCUT2D eigenvalue weighted by molar-refractivity contribution is 6.38. The highest BCUT2D eigenvalue weighted by atomic mass is 35.5. The molecule has 0 unspecified atom stereocenters. The molecule has 2 aromatic carbocycles. The van der Waals surface area contributed by atoms with Gasteiger partial charge in [0.15, 0.2) is 0 Å². The van der Waals surface area contributed by atoms with E-state index in [1.165, 1.54) is 12.1 Å². The van der Waals surface area contributed by atoms with Crippen molar-refractivity contribution in [3.05, 3.63) is 63.1 Å². The van der Waals surface area contributed by atoms with E-state index in [1.807, 2.05) is 6.92 Å². The maximum atomic E-state index is 12.1. The van der Waals surface area contributed by atoms with Crippen LogP contribution in [0.5, 0.6) is 0 Å². The van der Waals surface area contributed by atoms with Crippen LogP contribution in [0.2, 0.25) is 10.0 Å². The first-order valence-electron chi connectivity index (χ1n) is 5.99. The van der Waals surface area contributed by atoms with Gasteiger partial charge in [0.25, 0.3) is 5.91 Å². The minimum atomic E-state index is -1.19. The number of amides is 1. The molecule has 4 nitrogen and oxygen atoms in total. The maximum Gasteiger partial charge on any atom is 0.337 e. The van der Waals surface area contributed by atoms with Crippen LogP contribution in [0.1, 0.15) is 26.3 Å². The van der Waals surface area contributed by atoms with Crippen molar-refractivity contribution >= 4 is 40.8 Å². The number of hydrogen-bond acceptors (Lipinski definition) is 2. The van der Waals surface area contributed by atoms with Crippen LogP contribution in [0.15, 0.2) is 36.4 Å². The lowest BCUT2D eigenvalue weighted by Gasteiger charge is -2.09. The van der Waals surface area contributed by atoms with E-state index in [0.29, 0.717) is 5.56 Å². The van der Waals surface area contributed by atoms with Gasteiger partial charge >= 0.3 is 5.97 Å². The first-order valence-corrected chi connectivity index (χ1v) is 6.74. The Morgan fingerprint density at radius 3 is 2.24 bits per heavy atom. The summed E-state index contributed by atoms with van der Waals surface area (Å²) in [7, 11) is 0. The Bertz CT molecular complexity index is 712. The lowest BCUT2D eigenvalue weighted by molar-refractivity contribution is 0.0696. The number of carboxylic acids is 1. The zero-order valence-electron chi connectivity index (χ0n) is 11.0. The number of anilines is 1. The lowest BCUT2D eigenvalue weighted by atomic mass is 10.1. The summed E-state index contributed by atoms with van der Waals surface area (Å²) in [5, 5.41) is 11.8. The van der Waals surface area contributed by atoms with Crippen molar-refractivity contribution in [2.75, 3.05) is 5.32 Å². The molecular weight excluding hydrogens is 313 g/mol. The minimum Gasteiger partial charge on any atom is -0.478 e. The number of aromatic carboxylic acids is 1. The fraction of sp³-hybridized carbons (Fsp3) is 0.0667. The van der Waals surface area contributed by atoms with Crippen molar-refractivity contribution < 1.29 is 14.7 Å².